The molecule has 0 saturated carbocycles. The molecule has 0 aliphatic rings. The van der Waals surface area contributed by atoms with E-state index < -0.39 is 0 Å². The highest BCUT2D eigenvalue weighted by Crippen LogP contribution is 2.15. The first kappa shape index (κ1) is 10.4. The predicted molar refractivity (Wildman–Crippen MR) is 61.3 cm³/mol. The van der Waals surface area contributed by atoms with E-state index in [-0.39, 0.29) is 5.82 Å². The van der Waals surface area contributed by atoms with E-state index >= 15 is 0 Å². The van der Waals surface area contributed by atoms with Crippen molar-refractivity contribution >= 4 is 17.3 Å². The minimum absolute atomic E-state index is 0.289. The molecule has 1 aromatic heterocycles. The highest BCUT2D eigenvalue weighted by atomic mass is 19.1. The normalized spacial score (nSPS) is 9.88. The summed E-state index contributed by atoms with van der Waals surface area (Å²) in [7, 11) is 1.76. The fourth-order valence-corrected chi connectivity index (χ4v) is 1.26. The van der Waals surface area contributed by atoms with E-state index in [0.717, 1.165) is 0 Å². The monoisotopic (exact) mass is 218 g/mol. The van der Waals surface area contributed by atoms with Crippen LogP contribution in [-0.2, 0) is 0 Å². The van der Waals surface area contributed by atoms with Gasteiger partial charge in [-0.2, -0.15) is 0 Å². The lowest BCUT2D eigenvalue weighted by Gasteiger charge is -2.06. The zero-order valence-electron chi connectivity index (χ0n) is 8.74. The Morgan fingerprint density at radius 3 is 2.75 bits per heavy atom. The summed E-state index contributed by atoms with van der Waals surface area (Å²) in [5, 5.41) is 5.84. The number of nitrogens with zero attached hydrogens (tertiary/aromatic N) is 2. The highest BCUT2D eigenvalue weighted by Gasteiger charge is 1.99. The van der Waals surface area contributed by atoms with Crippen molar-refractivity contribution in [3.8, 4) is 0 Å². The summed E-state index contributed by atoms with van der Waals surface area (Å²) in [4.78, 5) is 8.20. The van der Waals surface area contributed by atoms with Gasteiger partial charge in [-0.1, -0.05) is 6.07 Å². The van der Waals surface area contributed by atoms with Gasteiger partial charge in [-0.15, -0.1) is 0 Å². The molecule has 5 heteroatoms. The molecule has 82 valence electrons. The molecule has 2 aromatic rings. The topological polar surface area (TPSA) is 49.8 Å². The van der Waals surface area contributed by atoms with E-state index in [9.17, 15) is 4.39 Å². The lowest BCUT2D eigenvalue weighted by Crippen LogP contribution is -1.98. The molecule has 16 heavy (non-hydrogen) atoms. The quantitative estimate of drug-likeness (QED) is 0.830. The Hall–Kier alpha value is -2.17. The molecule has 2 N–H and O–H groups in total. The second-order valence-corrected chi connectivity index (χ2v) is 3.17. The van der Waals surface area contributed by atoms with Gasteiger partial charge in [0.2, 0.25) is 0 Å². The smallest absolute Gasteiger partial charge is 0.151 e. The molecule has 0 saturated heterocycles. The molecule has 0 spiro atoms. The van der Waals surface area contributed by atoms with E-state index in [0.29, 0.717) is 17.3 Å². The largest absolute Gasteiger partial charge is 0.372 e. The van der Waals surface area contributed by atoms with E-state index in [1.165, 1.54) is 12.1 Å². The third-order valence-electron chi connectivity index (χ3n) is 1.99. The number of halogens is 1. The minimum atomic E-state index is -0.289. The Bertz CT molecular complexity index is 487. The number of benzene rings is 1. The molecule has 0 radical (unpaired) electrons. The standard InChI is InChI=1S/C11H11FN4/c1-13-10-6-14-7-11(16-10)15-9-4-2-3-8(12)5-9/h2-7H,1H3,(H2,13,15,16). The minimum Gasteiger partial charge on any atom is -0.372 e. The predicted octanol–water partition coefficient (Wildman–Crippen LogP) is 2.40. The van der Waals surface area contributed by atoms with Crippen molar-refractivity contribution in [2.75, 3.05) is 17.7 Å². The van der Waals surface area contributed by atoms with Gasteiger partial charge >= 0.3 is 0 Å². The van der Waals surface area contributed by atoms with Gasteiger partial charge in [-0.25, -0.2) is 9.37 Å². The van der Waals surface area contributed by atoms with Crippen LogP contribution in [0.1, 0.15) is 0 Å². The molecule has 0 bridgehead atoms. The van der Waals surface area contributed by atoms with E-state index in [2.05, 4.69) is 20.6 Å². The van der Waals surface area contributed by atoms with Crippen LogP contribution in [0.3, 0.4) is 0 Å². The first-order valence-electron chi connectivity index (χ1n) is 4.80. The lowest BCUT2D eigenvalue weighted by atomic mass is 10.3. The Morgan fingerprint density at radius 2 is 2.00 bits per heavy atom. The van der Waals surface area contributed by atoms with Gasteiger partial charge in [0.05, 0.1) is 12.4 Å². The SMILES string of the molecule is CNc1cncc(Nc2cccc(F)c2)n1. The van der Waals surface area contributed by atoms with Gasteiger partial charge in [0.1, 0.15) is 11.6 Å². The molecule has 0 fully saturated rings. The summed E-state index contributed by atoms with van der Waals surface area (Å²) in [5.41, 5.74) is 0.641. The summed E-state index contributed by atoms with van der Waals surface area (Å²) in [5.74, 6) is 0.932. The zero-order chi connectivity index (χ0) is 11.4. The number of rotatable bonds is 3. The third kappa shape index (κ3) is 2.44. The fourth-order valence-electron chi connectivity index (χ4n) is 1.26. The summed E-state index contributed by atoms with van der Waals surface area (Å²) >= 11 is 0. The number of hydrogen-bond acceptors (Lipinski definition) is 4. The second-order valence-electron chi connectivity index (χ2n) is 3.17. The molecular weight excluding hydrogens is 207 g/mol. The molecule has 2 rings (SSSR count). The number of anilines is 3. The van der Waals surface area contributed by atoms with Crippen molar-refractivity contribution in [1.29, 1.82) is 0 Å². The number of aromatic nitrogens is 2. The lowest BCUT2D eigenvalue weighted by molar-refractivity contribution is 0.628. The second kappa shape index (κ2) is 4.57. The van der Waals surface area contributed by atoms with Crippen molar-refractivity contribution in [2.45, 2.75) is 0 Å². The van der Waals surface area contributed by atoms with Crippen LogP contribution < -0.4 is 10.6 Å². The molecule has 1 aromatic carbocycles. The van der Waals surface area contributed by atoms with Crippen LogP contribution in [-0.4, -0.2) is 17.0 Å². The average Bonchev–Trinajstić information content (AvgIpc) is 2.29. The Balaban J connectivity index is 2.20. The van der Waals surface area contributed by atoms with Crippen LogP contribution in [0.25, 0.3) is 0 Å². The molecule has 0 atom stereocenters. The number of nitrogens with one attached hydrogen (secondary N) is 2. The van der Waals surface area contributed by atoms with Crippen LogP contribution in [0, 0.1) is 5.82 Å². The average molecular weight is 218 g/mol. The van der Waals surface area contributed by atoms with Crippen LogP contribution in [0.15, 0.2) is 36.7 Å². The van der Waals surface area contributed by atoms with Crippen molar-refractivity contribution < 1.29 is 4.39 Å². The summed E-state index contributed by atoms with van der Waals surface area (Å²) in [6.45, 7) is 0. The highest BCUT2D eigenvalue weighted by molar-refractivity contribution is 5.56. The van der Waals surface area contributed by atoms with Crippen molar-refractivity contribution in [3.05, 3.63) is 42.5 Å². The first-order chi connectivity index (χ1) is 7.78. The van der Waals surface area contributed by atoms with Crippen LogP contribution in [0.5, 0.6) is 0 Å². The summed E-state index contributed by atoms with van der Waals surface area (Å²) in [6, 6.07) is 6.18. The van der Waals surface area contributed by atoms with Crippen molar-refractivity contribution in [1.82, 2.24) is 9.97 Å². The van der Waals surface area contributed by atoms with Crippen LogP contribution in [0.4, 0.5) is 21.7 Å². The maximum Gasteiger partial charge on any atom is 0.151 e. The Labute approximate surface area is 92.6 Å². The summed E-state index contributed by atoms with van der Waals surface area (Å²) < 4.78 is 12.9. The van der Waals surface area contributed by atoms with E-state index in [1.807, 2.05) is 0 Å². The van der Waals surface area contributed by atoms with Crippen LogP contribution in [0.2, 0.25) is 0 Å². The van der Waals surface area contributed by atoms with Gasteiger partial charge in [0.15, 0.2) is 5.82 Å². The molecular formula is C11H11FN4. The number of hydrogen-bond donors (Lipinski definition) is 2. The Morgan fingerprint density at radius 1 is 1.19 bits per heavy atom. The van der Waals surface area contributed by atoms with Crippen molar-refractivity contribution in [2.24, 2.45) is 0 Å². The molecule has 4 nitrogen and oxygen atoms in total. The third-order valence-corrected chi connectivity index (χ3v) is 1.99. The zero-order valence-corrected chi connectivity index (χ0v) is 8.74. The van der Waals surface area contributed by atoms with Gasteiger partial charge in [-0.05, 0) is 18.2 Å². The molecule has 0 aliphatic carbocycles. The van der Waals surface area contributed by atoms with E-state index in [1.54, 1.807) is 31.6 Å². The molecule has 0 aliphatic heterocycles. The maximum atomic E-state index is 12.9. The molecule has 0 unspecified atom stereocenters. The molecule has 0 amide bonds. The van der Waals surface area contributed by atoms with E-state index in [4.69, 9.17) is 0 Å². The first-order valence-corrected chi connectivity index (χ1v) is 4.80. The van der Waals surface area contributed by atoms with Gasteiger partial charge in [0.25, 0.3) is 0 Å². The van der Waals surface area contributed by atoms with Crippen molar-refractivity contribution in [3.63, 3.8) is 0 Å². The van der Waals surface area contributed by atoms with Gasteiger partial charge in [0, 0.05) is 12.7 Å². The molecule has 1 heterocycles. The Kier molecular flexibility index (Phi) is 2.95. The maximum absolute atomic E-state index is 12.9. The van der Waals surface area contributed by atoms with Gasteiger partial charge < -0.3 is 10.6 Å². The summed E-state index contributed by atoms with van der Waals surface area (Å²) in [6.07, 6.45) is 3.18. The van der Waals surface area contributed by atoms with Crippen LogP contribution >= 0.6 is 0 Å². The van der Waals surface area contributed by atoms with Gasteiger partial charge in [-0.3, -0.25) is 4.98 Å². The fraction of sp³-hybridized carbons (Fsp3) is 0.0909.